The molecule has 0 spiro atoms. The minimum atomic E-state index is -0.755. The average molecular weight is 479 g/mol. The second kappa shape index (κ2) is 15.7. The van der Waals surface area contributed by atoms with E-state index in [-0.39, 0.29) is 19.8 Å². The van der Waals surface area contributed by atoms with Crippen molar-refractivity contribution >= 4 is 23.8 Å². The number of esters is 1. The van der Waals surface area contributed by atoms with Crippen LogP contribution in [0.15, 0.2) is 30.9 Å². The van der Waals surface area contributed by atoms with Crippen molar-refractivity contribution in [2.24, 2.45) is 0 Å². The zero-order chi connectivity index (χ0) is 25.4. The zero-order valence-corrected chi connectivity index (χ0v) is 20.5. The Morgan fingerprint density at radius 1 is 0.941 bits per heavy atom. The topological polar surface area (TPSA) is 123 Å². The number of carbonyl (C=O) groups excluding carboxylic acids is 3. The molecule has 1 rings (SSSR count). The Morgan fingerprint density at radius 3 is 2.18 bits per heavy atom. The number of nitrogens with one attached hydrogen (secondary N) is 2. The van der Waals surface area contributed by atoms with Crippen LogP contribution in [0.1, 0.15) is 63.5 Å². The first kappa shape index (κ1) is 29.0. The summed E-state index contributed by atoms with van der Waals surface area (Å²) in [4.78, 5) is 35.4. The van der Waals surface area contributed by atoms with Gasteiger partial charge in [0.1, 0.15) is 0 Å². The van der Waals surface area contributed by atoms with E-state index < -0.39 is 23.7 Å². The lowest BCUT2D eigenvalue weighted by molar-refractivity contribution is -0.137. The average Bonchev–Trinajstić information content (AvgIpc) is 2.79. The smallest absolute Gasteiger partial charge is 0.411 e. The summed E-state index contributed by atoms with van der Waals surface area (Å²) in [5.74, 6) is -0.477. The van der Waals surface area contributed by atoms with E-state index in [1.54, 1.807) is 12.1 Å². The van der Waals surface area contributed by atoms with Gasteiger partial charge in [-0.1, -0.05) is 25.1 Å². The van der Waals surface area contributed by atoms with Crippen LogP contribution >= 0.6 is 0 Å². The number of hydrogen-bond donors (Lipinski definition) is 3. The number of carbonyl (C=O) groups is 3. The van der Waals surface area contributed by atoms with Crippen LogP contribution in [-0.2, 0) is 24.5 Å². The Balaban J connectivity index is 2.52. The largest absolute Gasteiger partial charge is 0.463 e. The quantitative estimate of drug-likeness (QED) is 0.146. The van der Waals surface area contributed by atoms with Gasteiger partial charge < -0.3 is 24.6 Å². The standard InChI is InChI=1S/C25H38N2O7/c1-5-22(29)32-16-10-11-18-34-24(31)27-25(3,4)20-13-12-14-21(19(20)2)26-23(30)33-17-9-7-6-8-15-28/h5,12-14,28H,1,6-11,15-18H2,2-4H3,(H,26,30)(H,27,31). The molecule has 2 amide bonds. The molecule has 190 valence electrons. The molecule has 0 bridgehead atoms. The Morgan fingerprint density at radius 2 is 1.53 bits per heavy atom. The van der Waals surface area contributed by atoms with Crippen molar-refractivity contribution in [3.63, 3.8) is 0 Å². The maximum absolute atomic E-state index is 12.3. The number of alkyl carbamates (subject to hydrolysis) is 1. The molecule has 0 unspecified atom stereocenters. The molecule has 0 aliphatic heterocycles. The van der Waals surface area contributed by atoms with Crippen molar-refractivity contribution < 1.29 is 33.7 Å². The van der Waals surface area contributed by atoms with Crippen LogP contribution in [0.3, 0.4) is 0 Å². The monoisotopic (exact) mass is 478 g/mol. The fraction of sp³-hybridized carbons (Fsp3) is 0.560. The van der Waals surface area contributed by atoms with E-state index in [2.05, 4.69) is 17.2 Å². The third-order valence-corrected chi connectivity index (χ3v) is 5.13. The van der Waals surface area contributed by atoms with Crippen molar-refractivity contribution in [3.05, 3.63) is 42.0 Å². The van der Waals surface area contributed by atoms with Crippen LogP contribution in [0.5, 0.6) is 0 Å². The SMILES string of the molecule is C=CC(=O)OCCCCOC(=O)NC(C)(C)c1cccc(NC(=O)OCCCCCCO)c1C. The van der Waals surface area contributed by atoms with Crippen LogP contribution in [0.4, 0.5) is 15.3 Å². The summed E-state index contributed by atoms with van der Waals surface area (Å²) in [6, 6.07) is 5.45. The molecular weight excluding hydrogens is 440 g/mol. The first-order chi connectivity index (χ1) is 16.2. The summed E-state index contributed by atoms with van der Waals surface area (Å²) in [6.45, 7) is 9.80. The second-order valence-corrected chi connectivity index (χ2v) is 8.34. The van der Waals surface area contributed by atoms with Gasteiger partial charge in [-0.15, -0.1) is 0 Å². The lowest BCUT2D eigenvalue weighted by atomic mass is 9.89. The maximum Gasteiger partial charge on any atom is 0.411 e. The van der Waals surface area contributed by atoms with Gasteiger partial charge in [0.2, 0.25) is 0 Å². The van der Waals surface area contributed by atoms with Crippen molar-refractivity contribution in [1.82, 2.24) is 5.32 Å². The molecule has 9 nitrogen and oxygen atoms in total. The summed E-state index contributed by atoms with van der Waals surface area (Å²) in [6.07, 6.45) is 4.41. The molecule has 3 N–H and O–H groups in total. The fourth-order valence-electron chi connectivity index (χ4n) is 3.29. The summed E-state index contributed by atoms with van der Waals surface area (Å²) < 4.78 is 15.3. The number of benzene rings is 1. The summed E-state index contributed by atoms with van der Waals surface area (Å²) in [5, 5.41) is 14.4. The highest BCUT2D eigenvalue weighted by Crippen LogP contribution is 2.28. The molecule has 0 saturated heterocycles. The molecular formula is C25H38N2O7. The Bertz CT molecular complexity index is 808. The molecule has 1 aromatic rings. The van der Waals surface area contributed by atoms with Gasteiger partial charge in [0.05, 0.1) is 25.4 Å². The van der Waals surface area contributed by atoms with E-state index >= 15 is 0 Å². The Hall–Kier alpha value is -3.07. The third kappa shape index (κ3) is 11.2. The zero-order valence-electron chi connectivity index (χ0n) is 20.5. The van der Waals surface area contributed by atoms with Gasteiger partial charge in [-0.2, -0.15) is 0 Å². The fourth-order valence-corrected chi connectivity index (χ4v) is 3.29. The molecule has 0 heterocycles. The summed E-state index contributed by atoms with van der Waals surface area (Å²) in [5.41, 5.74) is 1.47. The number of aliphatic hydroxyl groups is 1. The van der Waals surface area contributed by atoms with Gasteiger partial charge in [0, 0.05) is 18.4 Å². The van der Waals surface area contributed by atoms with E-state index in [0.717, 1.165) is 42.9 Å². The molecule has 0 fully saturated rings. The van der Waals surface area contributed by atoms with Gasteiger partial charge in [-0.25, -0.2) is 14.4 Å². The lowest BCUT2D eigenvalue weighted by Gasteiger charge is -2.29. The van der Waals surface area contributed by atoms with Crippen molar-refractivity contribution in [2.45, 2.75) is 64.8 Å². The normalized spacial score (nSPS) is 10.8. The highest BCUT2D eigenvalue weighted by molar-refractivity contribution is 5.86. The lowest BCUT2D eigenvalue weighted by Crippen LogP contribution is -2.42. The summed E-state index contributed by atoms with van der Waals surface area (Å²) in [7, 11) is 0. The van der Waals surface area contributed by atoms with Crippen LogP contribution in [-0.4, -0.2) is 49.7 Å². The molecule has 0 radical (unpaired) electrons. The van der Waals surface area contributed by atoms with Crippen LogP contribution in [0.2, 0.25) is 0 Å². The van der Waals surface area contributed by atoms with Crippen molar-refractivity contribution in [3.8, 4) is 0 Å². The van der Waals surface area contributed by atoms with E-state index in [9.17, 15) is 14.4 Å². The molecule has 0 saturated carbocycles. The molecule has 0 aliphatic rings. The first-order valence-corrected chi connectivity index (χ1v) is 11.6. The van der Waals surface area contributed by atoms with Gasteiger partial charge in [-0.3, -0.25) is 5.32 Å². The predicted octanol–water partition coefficient (Wildman–Crippen LogP) is 4.57. The van der Waals surface area contributed by atoms with E-state index in [0.29, 0.717) is 25.1 Å². The van der Waals surface area contributed by atoms with Crippen LogP contribution in [0.25, 0.3) is 0 Å². The van der Waals surface area contributed by atoms with E-state index in [1.807, 2.05) is 26.8 Å². The number of rotatable bonds is 15. The number of aliphatic hydroxyl groups excluding tert-OH is 1. The first-order valence-electron chi connectivity index (χ1n) is 11.6. The van der Waals surface area contributed by atoms with Crippen molar-refractivity contribution in [1.29, 1.82) is 0 Å². The Kier molecular flexibility index (Phi) is 13.4. The van der Waals surface area contributed by atoms with Crippen LogP contribution < -0.4 is 10.6 Å². The van der Waals surface area contributed by atoms with Gasteiger partial charge in [0.25, 0.3) is 0 Å². The molecule has 0 atom stereocenters. The van der Waals surface area contributed by atoms with Crippen molar-refractivity contribution in [2.75, 3.05) is 31.7 Å². The highest BCUT2D eigenvalue weighted by atomic mass is 16.6. The van der Waals surface area contributed by atoms with E-state index in [1.165, 1.54) is 0 Å². The molecule has 0 aliphatic carbocycles. The molecule has 0 aromatic heterocycles. The molecule has 34 heavy (non-hydrogen) atoms. The minimum Gasteiger partial charge on any atom is -0.463 e. The number of hydrogen-bond acceptors (Lipinski definition) is 7. The summed E-state index contributed by atoms with van der Waals surface area (Å²) >= 11 is 0. The number of ether oxygens (including phenoxy) is 3. The minimum absolute atomic E-state index is 0.176. The second-order valence-electron chi connectivity index (χ2n) is 8.34. The molecule has 9 heteroatoms. The number of anilines is 1. The number of unbranched alkanes of at least 4 members (excludes halogenated alkanes) is 4. The third-order valence-electron chi connectivity index (χ3n) is 5.13. The van der Waals surface area contributed by atoms with Gasteiger partial charge >= 0.3 is 18.2 Å². The highest BCUT2D eigenvalue weighted by Gasteiger charge is 2.26. The maximum atomic E-state index is 12.3. The van der Waals surface area contributed by atoms with Crippen LogP contribution in [0, 0.1) is 6.92 Å². The molecule has 1 aromatic carbocycles. The number of amides is 2. The van der Waals surface area contributed by atoms with Gasteiger partial charge in [0.15, 0.2) is 0 Å². The van der Waals surface area contributed by atoms with Gasteiger partial charge in [-0.05, 0) is 70.1 Å². The van der Waals surface area contributed by atoms with E-state index in [4.69, 9.17) is 19.3 Å². The Labute approximate surface area is 201 Å². The predicted molar refractivity (Wildman–Crippen MR) is 130 cm³/mol.